The van der Waals surface area contributed by atoms with Crippen molar-refractivity contribution >= 4 is 39.1 Å². The van der Waals surface area contributed by atoms with E-state index in [1.165, 1.54) is 36.4 Å². The predicted octanol–water partition coefficient (Wildman–Crippen LogP) is 3.09. The van der Waals surface area contributed by atoms with E-state index >= 15 is 0 Å². The van der Waals surface area contributed by atoms with Crippen LogP contribution in [0.3, 0.4) is 0 Å². The number of alkyl halides is 2. The maximum atomic E-state index is 12.3. The van der Waals surface area contributed by atoms with Crippen molar-refractivity contribution < 1.29 is 22.0 Å². The van der Waals surface area contributed by atoms with Gasteiger partial charge in [-0.05, 0) is 55.5 Å². The lowest BCUT2D eigenvalue weighted by atomic mass is 10.2. The fraction of sp³-hybridized carbons (Fsp3) is 0.188. The van der Waals surface area contributed by atoms with E-state index < -0.39 is 21.8 Å². The molecule has 140 valence electrons. The second-order valence-electron chi connectivity index (χ2n) is 5.33. The molecular formula is C16H17F2N3O3S2. The number of amides is 1. The molecule has 0 heterocycles. The third-order valence-electron chi connectivity index (χ3n) is 3.31. The molecule has 0 saturated carbocycles. The molecule has 4 N–H and O–H groups in total. The SMILES string of the molecule is C[C@@H](Nc1ccc(SC(F)F)cc1)C(=O)Nc1ccc(S(N)(=O)=O)cc1. The predicted molar refractivity (Wildman–Crippen MR) is 97.8 cm³/mol. The number of primary sulfonamides is 1. The largest absolute Gasteiger partial charge is 0.374 e. The minimum absolute atomic E-state index is 0.0524. The maximum absolute atomic E-state index is 12.3. The van der Waals surface area contributed by atoms with Gasteiger partial charge < -0.3 is 10.6 Å². The molecule has 0 unspecified atom stereocenters. The summed E-state index contributed by atoms with van der Waals surface area (Å²) in [6, 6.07) is 11.1. The number of sulfonamides is 1. The van der Waals surface area contributed by atoms with Crippen molar-refractivity contribution in [3.05, 3.63) is 48.5 Å². The van der Waals surface area contributed by atoms with Gasteiger partial charge in [0.15, 0.2) is 0 Å². The van der Waals surface area contributed by atoms with Crippen LogP contribution in [0, 0.1) is 0 Å². The average Bonchev–Trinajstić information content (AvgIpc) is 2.55. The number of anilines is 2. The summed E-state index contributed by atoms with van der Waals surface area (Å²) in [7, 11) is -3.79. The van der Waals surface area contributed by atoms with Crippen molar-refractivity contribution in [2.45, 2.75) is 28.5 Å². The summed E-state index contributed by atoms with van der Waals surface area (Å²) in [6.45, 7) is 1.63. The number of hydrogen-bond acceptors (Lipinski definition) is 5. The normalized spacial score (nSPS) is 12.7. The van der Waals surface area contributed by atoms with E-state index in [9.17, 15) is 22.0 Å². The Morgan fingerprint density at radius 2 is 1.58 bits per heavy atom. The zero-order valence-corrected chi connectivity index (χ0v) is 15.3. The highest BCUT2D eigenvalue weighted by molar-refractivity contribution is 7.99. The fourth-order valence-electron chi connectivity index (χ4n) is 2.03. The van der Waals surface area contributed by atoms with E-state index in [4.69, 9.17) is 5.14 Å². The van der Waals surface area contributed by atoms with Gasteiger partial charge in [0.2, 0.25) is 15.9 Å². The number of benzene rings is 2. The molecule has 0 aromatic heterocycles. The molecule has 0 fully saturated rings. The van der Waals surface area contributed by atoms with Gasteiger partial charge in [-0.3, -0.25) is 4.79 Å². The third kappa shape index (κ3) is 5.97. The first-order chi connectivity index (χ1) is 12.1. The van der Waals surface area contributed by atoms with Crippen molar-refractivity contribution in [1.29, 1.82) is 0 Å². The van der Waals surface area contributed by atoms with Crippen molar-refractivity contribution in [2.75, 3.05) is 10.6 Å². The van der Waals surface area contributed by atoms with Crippen LogP contribution in [0.5, 0.6) is 0 Å². The Hall–Kier alpha value is -2.17. The molecule has 0 saturated heterocycles. The van der Waals surface area contributed by atoms with Crippen molar-refractivity contribution in [1.82, 2.24) is 0 Å². The number of carbonyl (C=O) groups is 1. The molecule has 0 aliphatic rings. The number of nitrogens with one attached hydrogen (secondary N) is 2. The van der Waals surface area contributed by atoms with Gasteiger partial charge in [0.1, 0.15) is 6.04 Å². The zero-order valence-electron chi connectivity index (χ0n) is 13.6. The Labute approximate surface area is 154 Å². The first kappa shape index (κ1) is 20.1. The molecule has 0 bridgehead atoms. The van der Waals surface area contributed by atoms with Crippen LogP contribution in [-0.2, 0) is 14.8 Å². The highest BCUT2D eigenvalue weighted by Crippen LogP contribution is 2.26. The standard InChI is InChI=1S/C16H17F2N3O3S2/c1-10(20-11-2-6-13(7-3-11)25-16(17)18)15(22)21-12-4-8-14(9-5-12)26(19,23)24/h2-10,16,20H,1H3,(H,21,22)(H2,19,23,24)/t10-/m1/s1. The Morgan fingerprint density at radius 1 is 1.04 bits per heavy atom. The highest BCUT2D eigenvalue weighted by atomic mass is 32.2. The van der Waals surface area contributed by atoms with Crippen LogP contribution in [0.2, 0.25) is 0 Å². The molecular weight excluding hydrogens is 384 g/mol. The number of rotatable bonds is 7. The molecule has 1 atom stereocenters. The molecule has 0 spiro atoms. The summed E-state index contributed by atoms with van der Waals surface area (Å²) in [5.74, 6) is -2.83. The molecule has 0 aliphatic carbocycles. The quantitative estimate of drug-likeness (QED) is 0.619. The highest BCUT2D eigenvalue weighted by Gasteiger charge is 2.14. The molecule has 0 aliphatic heterocycles. The lowest BCUT2D eigenvalue weighted by Crippen LogP contribution is -2.31. The van der Waals surface area contributed by atoms with Crippen LogP contribution in [0.25, 0.3) is 0 Å². The summed E-state index contributed by atoms with van der Waals surface area (Å²) in [5, 5.41) is 10.6. The Balaban J connectivity index is 1.95. The number of hydrogen-bond donors (Lipinski definition) is 3. The third-order valence-corrected chi connectivity index (χ3v) is 4.96. The second kappa shape index (κ2) is 8.47. The van der Waals surface area contributed by atoms with E-state index in [2.05, 4.69) is 10.6 Å². The summed E-state index contributed by atoms with van der Waals surface area (Å²) in [5.41, 5.74) is 1.02. The zero-order chi connectivity index (χ0) is 19.3. The van der Waals surface area contributed by atoms with Crippen molar-refractivity contribution in [2.24, 2.45) is 5.14 Å². The van der Waals surface area contributed by atoms with Gasteiger partial charge in [0.25, 0.3) is 5.76 Å². The summed E-state index contributed by atoms with van der Waals surface area (Å²) in [6.07, 6.45) is 0. The fourth-order valence-corrected chi connectivity index (χ4v) is 3.04. The van der Waals surface area contributed by atoms with E-state index in [-0.39, 0.29) is 10.8 Å². The van der Waals surface area contributed by atoms with E-state index in [0.717, 1.165) is 0 Å². The molecule has 10 heteroatoms. The monoisotopic (exact) mass is 401 g/mol. The molecule has 2 rings (SSSR count). The van der Waals surface area contributed by atoms with Gasteiger partial charge in [0, 0.05) is 16.3 Å². The van der Waals surface area contributed by atoms with Gasteiger partial charge >= 0.3 is 0 Å². The van der Waals surface area contributed by atoms with Crippen LogP contribution in [0.4, 0.5) is 20.2 Å². The molecule has 6 nitrogen and oxygen atoms in total. The summed E-state index contributed by atoms with van der Waals surface area (Å²) >= 11 is 0.445. The van der Waals surface area contributed by atoms with Crippen molar-refractivity contribution in [3.8, 4) is 0 Å². The topological polar surface area (TPSA) is 101 Å². The number of nitrogens with two attached hydrogens (primary N) is 1. The van der Waals surface area contributed by atoms with Gasteiger partial charge in [-0.2, -0.15) is 8.78 Å². The minimum atomic E-state index is -3.79. The van der Waals surface area contributed by atoms with Gasteiger partial charge in [-0.25, -0.2) is 13.6 Å². The Morgan fingerprint density at radius 3 is 2.08 bits per heavy atom. The first-order valence-electron chi connectivity index (χ1n) is 7.40. The van der Waals surface area contributed by atoms with Gasteiger partial charge in [-0.15, -0.1) is 0 Å². The molecule has 2 aromatic carbocycles. The number of carbonyl (C=O) groups excluding carboxylic acids is 1. The number of halogens is 2. The van der Waals surface area contributed by atoms with E-state index in [1.807, 2.05) is 0 Å². The first-order valence-corrected chi connectivity index (χ1v) is 9.83. The number of thioether (sulfide) groups is 1. The van der Waals surface area contributed by atoms with Crippen LogP contribution < -0.4 is 15.8 Å². The van der Waals surface area contributed by atoms with E-state index in [1.54, 1.807) is 19.1 Å². The second-order valence-corrected chi connectivity index (χ2v) is 7.95. The van der Waals surface area contributed by atoms with Crippen LogP contribution in [0.15, 0.2) is 58.3 Å². The van der Waals surface area contributed by atoms with Crippen LogP contribution in [0.1, 0.15) is 6.92 Å². The van der Waals surface area contributed by atoms with Crippen molar-refractivity contribution in [3.63, 3.8) is 0 Å². The maximum Gasteiger partial charge on any atom is 0.288 e. The van der Waals surface area contributed by atoms with E-state index in [0.29, 0.717) is 28.0 Å². The van der Waals surface area contributed by atoms with Gasteiger partial charge in [-0.1, -0.05) is 11.8 Å². The van der Waals surface area contributed by atoms with Gasteiger partial charge in [0.05, 0.1) is 4.90 Å². The summed E-state index contributed by atoms with van der Waals surface area (Å²) < 4.78 is 47.0. The molecule has 0 radical (unpaired) electrons. The molecule has 26 heavy (non-hydrogen) atoms. The smallest absolute Gasteiger partial charge is 0.288 e. The van der Waals surface area contributed by atoms with Crippen LogP contribution in [-0.4, -0.2) is 26.1 Å². The van der Waals surface area contributed by atoms with Crippen LogP contribution >= 0.6 is 11.8 Å². The average molecular weight is 401 g/mol. The Bertz CT molecular complexity index is 857. The summed E-state index contributed by atoms with van der Waals surface area (Å²) in [4.78, 5) is 12.6. The Kier molecular flexibility index (Phi) is 6.57. The molecule has 1 amide bonds. The lowest BCUT2D eigenvalue weighted by molar-refractivity contribution is -0.116. The lowest BCUT2D eigenvalue weighted by Gasteiger charge is -2.15. The minimum Gasteiger partial charge on any atom is -0.374 e. The molecule has 2 aromatic rings.